The standard InChI is InChI=1S/C10H18ClNO5S/c1-4(11)5(12-3-13)9-7(15)6(14)8(16)10(17-9)18-2/h3-10,14-16H,1-2H3,(H,12,13)/t4-,5+,6-,7+,8+,9+,10+/m0/s1. The van der Waals surface area contributed by atoms with Crippen LogP contribution < -0.4 is 5.32 Å². The van der Waals surface area contributed by atoms with Crippen molar-refractivity contribution < 1.29 is 24.9 Å². The normalized spacial score (nSPS) is 40.0. The first-order chi connectivity index (χ1) is 8.43. The summed E-state index contributed by atoms with van der Waals surface area (Å²) < 4.78 is 5.50. The third-order valence-electron chi connectivity index (χ3n) is 2.95. The first-order valence-corrected chi connectivity index (χ1v) is 7.22. The molecule has 106 valence electrons. The summed E-state index contributed by atoms with van der Waals surface area (Å²) in [6, 6.07) is -0.657. The number of hydrogen-bond acceptors (Lipinski definition) is 6. The van der Waals surface area contributed by atoms with Crippen LogP contribution in [0.2, 0.25) is 0 Å². The molecule has 0 spiro atoms. The first-order valence-electron chi connectivity index (χ1n) is 5.50. The molecule has 0 aromatic heterocycles. The van der Waals surface area contributed by atoms with Crippen LogP contribution in [0.3, 0.4) is 0 Å². The van der Waals surface area contributed by atoms with Crippen LogP contribution >= 0.6 is 23.4 Å². The van der Waals surface area contributed by atoms with E-state index in [1.54, 1.807) is 13.2 Å². The van der Waals surface area contributed by atoms with E-state index in [9.17, 15) is 20.1 Å². The van der Waals surface area contributed by atoms with Gasteiger partial charge >= 0.3 is 0 Å². The molecule has 1 rings (SSSR count). The third kappa shape index (κ3) is 3.28. The largest absolute Gasteiger partial charge is 0.388 e. The second kappa shape index (κ2) is 6.93. The average Bonchev–Trinajstić information content (AvgIpc) is 2.34. The number of hydrogen-bond donors (Lipinski definition) is 4. The zero-order valence-electron chi connectivity index (χ0n) is 10.1. The highest BCUT2D eigenvalue weighted by molar-refractivity contribution is 7.99. The highest BCUT2D eigenvalue weighted by atomic mass is 35.5. The lowest BCUT2D eigenvalue weighted by Gasteiger charge is -2.43. The summed E-state index contributed by atoms with van der Waals surface area (Å²) in [7, 11) is 0. The fourth-order valence-electron chi connectivity index (χ4n) is 1.93. The minimum Gasteiger partial charge on any atom is -0.388 e. The summed E-state index contributed by atoms with van der Waals surface area (Å²) in [5, 5.41) is 31.3. The van der Waals surface area contributed by atoms with Crippen molar-refractivity contribution in [2.75, 3.05) is 6.26 Å². The predicted octanol–water partition coefficient (Wildman–Crippen LogP) is -1.10. The number of rotatable bonds is 5. The molecule has 0 aliphatic carbocycles. The van der Waals surface area contributed by atoms with Crippen LogP contribution in [0.4, 0.5) is 0 Å². The Morgan fingerprint density at radius 2 is 1.94 bits per heavy atom. The molecule has 0 aromatic carbocycles. The van der Waals surface area contributed by atoms with Crippen molar-refractivity contribution in [2.45, 2.75) is 48.2 Å². The van der Waals surface area contributed by atoms with Gasteiger partial charge in [0.05, 0.1) is 11.4 Å². The van der Waals surface area contributed by atoms with Gasteiger partial charge in [0.15, 0.2) is 0 Å². The maximum Gasteiger partial charge on any atom is 0.207 e. The number of carbonyl (C=O) groups excluding carboxylic acids is 1. The highest BCUT2D eigenvalue weighted by Crippen LogP contribution is 2.29. The topological polar surface area (TPSA) is 99.0 Å². The number of ether oxygens (including phenoxy) is 1. The van der Waals surface area contributed by atoms with E-state index in [-0.39, 0.29) is 0 Å². The predicted molar refractivity (Wildman–Crippen MR) is 68.5 cm³/mol. The molecule has 4 N–H and O–H groups in total. The van der Waals surface area contributed by atoms with Crippen LogP contribution in [-0.4, -0.2) is 69.3 Å². The van der Waals surface area contributed by atoms with Crippen molar-refractivity contribution in [2.24, 2.45) is 0 Å². The van der Waals surface area contributed by atoms with Crippen molar-refractivity contribution in [3.05, 3.63) is 0 Å². The van der Waals surface area contributed by atoms with Crippen LogP contribution in [0.15, 0.2) is 0 Å². The zero-order chi connectivity index (χ0) is 13.9. The summed E-state index contributed by atoms with van der Waals surface area (Å²) in [4.78, 5) is 10.5. The molecule has 0 bridgehead atoms. The Kier molecular flexibility index (Phi) is 6.16. The fourth-order valence-corrected chi connectivity index (χ4v) is 2.83. The molecule has 1 amide bonds. The smallest absolute Gasteiger partial charge is 0.207 e. The minimum absolute atomic E-state index is 0.463. The molecule has 0 saturated carbocycles. The Morgan fingerprint density at radius 1 is 1.33 bits per heavy atom. The molecular formula is C10H18ClNO5S. The molecule has 1 aliphatic rings. The number of amides is 1. The zero-order valence-corrected chi connectivity index (χ0v) is 11.6. The van der Waals surface area contributed by atoms with Crippen molar-refractivity contribution in [3.8, 4) is 0 Å². The van der Waals surface area contributed by atoms with Crippen LogP contribution in [0.25, 0.3) is 0 Å². The van der Waals surface area contributed by atoms with Crippen molar-refractivity contribution >= 4 is 29.8 Å². The van der Waals surface area contributed by atoms with E-state index in [0.717, 1.165) is 0 Å². The number of carbonyl (C=O) groups is 1. The summed E-state index contributed by atoms with van der Waals surface area (Å²) >= 11 is 7.14. The number of alkyl halides is 1. The Morgan fingerprint density at radius 3 is 2.39 bits per heavy atom. The minimum atomic E-state index is -1.34. The van der Waals surface area contributed by atoms with Gasteiger partial charge in [-0.1, -0.05) is 0 Å². The van der Waals surface area contributed by atoms with Crippen molar-refractivity contribution in [1.82, 2.24) is 5.32 Å². The van der Waals surface area contributed by atoms with Gasteiger partial charge in [-0.05, 0) is 13.2 Å². The maximum absolute atomic E-state index is 10.5. The van der Waals surface area contributed by atoms with Gasteiger partial charge < -0.3 is 25.4 Å². The second-order valence-corrected chi connectivity index (χ2v) is 5.79. The summed E-state index contributed by atoms with van der Waals surface area (Å²) in [5.74, 6) is 0. The van der Waals surface area contributed by atoms with E-state index in [0.29, 0.717) is 6.41 Å². The first kappa shape index (κ1) is 16.0. The molecule has 1 fully saturated rings. The van der Waals surface area contributed by atoms with Gasteiger partial charge in [0.25, 0.3) is 0 Å². The third-order valence-corrected chi connectivity index (χ3v) is 4.07. The Bertz CT molecular complexity index is 281. The second-order valence-electron chi connectivity index (χ2n) is 4.16. The van der Waals surface area contributed by atoms with E-state index < -0.39 is 41.3 Å². The van der Waals surface area contributed by atoms with Gasteiger partial charge in [-0.25, -0.2) is 0 Å². The Hall–Kier alpha value is -0.0500. The number of aliphatic hydroxyl groups is 3. The van der Waals surface area contributed by atoms with E-state index in [2.05, 4.69) is 5.32 Å². The van der Waals surface area contributed by atoms with Gasteiger partial charge in [-0.15, -0.1) is 23.4 Å². The van der Waals surface area contributed by atoms with Crippen LogP contribution in [-0.2, 0) is 9.53 Å². The SMILES string of the molecule is CS[C@H]1O[C@H]([C@H](NC=O)[C@H](C)Cl)[C@H](O)[C@H](O)[C@H]1O. The molecule has 0 aromatic rings. The summed E-state index contributed by atoms with van der Waals surface area (Å²) in [5.41, 5.74) is -0.681. The molecule has 8 heteroatoms. The average molecular weight is 300 g/mol. The van der Waals surface area contributed by atoms with Crippen molar-refractivity contribution in [3.63, 3.8) is 0 Å². The Balaban J connectivity index is 2.88. The molecule has 7 atom stereocenters. The molecule has 18 heavy (non-hydrogen) atoms. The molecule has 1 aliphatic heterocycles. The summed E-state index contributed by atoms with van der Waals surface area (Å²) in [6.07, 6.45) is -2.55. The van der Waals surface area contributed by atoms with Gasteiger partial charge in [-0.3, -0.25) is 4.79 Å². The molecular weight excluding hydrogens is 282 g/mol. The monoisotopic (exact) mass is 299 g/mol. The van der Waals surface area contributed by atoms with Gasteiger partial charge in [-0.2, -0.15) is 0 Å². The van der Waals surface area contributed by atoms with Gasteiger partial charge in [0.1, 0.15) is 29.9 Å². The van der Waals surface area contributed by atoms with E-state index in [4.69, 9.17) is 16.3 Å². The lowest BCUT2D eigenvalue weighted by molar-refractivity contribution is -0.204. The maximum atomic E-state index is 10.5. The van der Waals surface area contributed by atoms with Crippen LogP contribution in [0, 0.1) is 0 Å². The number of thioether (sulfide) groups is 1. The molecule has 0 unspecified atom stereocenters. The van der Waals surface area contributed by atoms with E-state index in [1.165, 1.54) is 11.8 Å². The molecule has 1 heterocycles. The lowest BCUT2D eigenvalue weighted by atomic mass is 9.93. The lowest BCUT2D eigenvalue weighted by Crippen LogP contribution is -2.63. The number of nitrogens with one attached hydrogen (secondary N) is 1. The van der Waals surface area contributed by atoms with E-state index in [1.807, 2.05) is 0 Å². The Labute approximate surface area is 115 Å². The van der Waals surface area contributed by atoms with Crippen molar-refractivity contribution in [1.29, 1.82) is 0 Å². The van der Waals surface area contributed by atoms with Gasteiger partial charge in [0, 0.05) is 0 Å². The van der Waals surface area contributed by atoms with E-state index >= 15 is 0 Å². The number of aliphatic hydroxyl groups excluding tert-OH is 3. The van der Waals surface area contributed by atoms with Gasteiger partial charge in [0.2, 0.25) is 6.41 Å². The quantitative estimate of drug-likeness (QED) is 0.380. The highest BCUT2D eigenvalue weighted by Gasteiger charge is 2.47. The molecule has 0 radical (unpaired) electrons. The molecule has 1 saturated heterocycles. The van der Waals surface area contributed by atoms with Crippen LogP contribution in [0.5, 0.6) is 0 Å². The summed E-state index contributed by atoms with van der Waals surface area (Å²) in [6.45, 7) is 1.64. The number of halogens is 1. The molecule has 6 nitrogen and oxygen atoms in total. The van der Waals surface area contributed by atoms with Crippen LogP contribution in [0.1, 0.15) is 6.92 Å². The fraction of sp³-hybridized carbons (Fsp3) is 0.900.